The zero-order chi connectivity index (χ0) is 11.4. The van der Waals surface area contributed by atoms with Crippen LogP contribution < -0.4 is 0 Å². The summed E-state index contributed by atoms with van der Waals surface area (Å²) < 4.78 is 5.16. The highest BCUT2D eigenvalue weighted by molar-refractivity contribution is 7.99. The molecule has 1 aromatic heterocycles. The number of hydrogen-bond donors (Lipinski definition) is 1. The zero-order valence-corrected chi connectivity index (χ0v) is 10.4. The van der Waals surface area contributed by atoms with Crippen molar-refractivity contribution in [2.75, 3.05) is 5.75 Å². The highest BCUT2D eigenvalue weighted by atomic mass is 32.2. The Labute approximate surface area is 99.8 Å². The number of hydrogen-bond acceptors (Lipinski definition) is 5. The molecule has 0 bridgehead atoms. The number of aromatic nitrogens is 2. The smallest absolute Gasteiger partial charge is 0.229 e. The van der Waals surface area contributed by atoms with E-state index in [1.165, 1.54) is 18.6 Å². The van der Waals surface area contributed by atoms with Crippen LogP contribution in [0.4, 0.5) is 0 Å². The lowest BCUT2D eigenvalue weighted by atomic mass is 10.2. The van der Waals surface area contributed by atoms with Crippen LogP contribution in [0.3, 0.4) is 0 Å². The van der Waals surface area contributed by atoms with E-state index in [1.807, 2.05) is 18.7 Å². The Morgan fingerprint density at radius 2 is 2.44 bits per heavy atom. The van der Waals surface area contributed by atoms with Crippen molar-refractivity contribution in [3.63, 3.8) is 0 Å². The third-order valence-electron chi connectivity index (χ3n) is 2.83. The maximum Gasteiger partial charge on any atom is 0.229 e. The second-order valence-electron chi connectivity index (χ2n) is 4.17. The summed E-state index contributed by atoms with van der Waals surface area (Å²) in [7, 11) is 0. The maximum atomic E-state index is 9.50. The molecule has 1 aliphatic heterocycles. The lowest BCUT2D eigenvalue weighted by Gasteiger charge is -2.17. The predicted octanol–water partition coefficient (Wildman–Crippen LogP) is 2.34. The molecule has 1 saturated heterocycles. The predicted molar refractivity (Wildman–Crippen MR) is 63.3 cm³/mol. The van der Waals surface area contributed by atoms with Crippen LogP contribution in [0.1, 0.15) is 49.6 Å². The minimum absolute atomic E-state index is 0.368. The van der Waals surface area contributed by atoms with E-state index in [2.05, 4.69) is 10.1 Å². The molecule has 16 heavy (non-hydrogen) atoms. The molecule has 0 amide bonds. The Balaban J connectivity index is 1.95. The van der Waals surface area contributed by atoms with Gasteiger partial charge in [0.1, 0.15) is 0 Å². The van der Waals surface area contributed by atoms with Crippen LogP contribution in [-0.4, -0.2) is 27.1 Å². The fourth-order valence-electron chi connectivity index (χ4n) is 1.77. The molecule has 0 aromatic carbocycles. The first kappa shape index (κ1) is 11.9. The monoisotopic (exact) mass is 242 g/mol. The topological polar surface area (TPSA) is 59.2 Å². The second-order valence-corrected chi connectivity index (χ2v) is 5.48. The summed E-state index contributed by atoms with van der Waals surface area (Å²) in [5.41, 5.74) is 0. The van der Waals surface area contributed by atoms with Gasteiger partial charge in [-0.25, -0.2) is 0 Å². The van der Waals surface area contributed by atoms with Crippen molar-refractivity contribution in [2.24, 2.45) is 0 Å². The number of aliphatic hydroxyl groups excluding tert-OH is 1. The Hall–Kier alpha value is -0.550. The van der Waals surface area contributed by atoms with E-state index in [1.54, 1.807) is 0 Å². The molecular formula is C11H18N2O2S. The molecule has 1 aromatic rings. The molecular weight excluding hydrogens is 224 g/mol. The Morgan fingerprint density at radius 3 is 3.12 bits per heavy atom. The third-order valence-corrected chi connectivity index (χ3v) is 4.21. The van der Waals surface area contributed by atoms with E-state index in [-0.39, 0.29) is 6.10 Å². The van der Waals surface area contributed by atoms with Crippen molar-refractivity contribution >= 4 is 11.8 Å². The first-order chi connectivity index (χ1) is 7.79. The summed E-state index contributed by atoms with van der Waals surface area (Å²) in [6, 6.07) is 0. The lowest BCUT2D eigenvalue weighted by Crippen LogP contribution is -2.09. The van der Waals surface area contributed by atoms with Gasteiger partial charge in [0.05, 0.1) is 17.8 Å². The highest BCUT2D eigenvalue weighted by Gasteiger charge is 2.21. The van der Waals surface area contributed by atoms with Crippen LogP contribution >= 0.6 is 11.8 Å². The van der Waals surface area contributed by atoms with E-state index >= 15 is 0 Å². The Bertz CT molecular complexity index is 324. The standard InChI is InChI=1S/C11H18N2O2S/c1-2-8(14)7-10-12-11(13-15-10)9-5-3-4-6-16-9/h8-9,14H,2-7H2,1H3. The molecule has 2 rings (SSSR count). The molecule has 4 nitrogen and oxygen atoms in total. The molecule has 1 fully saturated rings. The number of nitrogens with zero attached hydrogens (tertiary/aromatic N) is 2. The summed E-state index contributed by atoms with van der Waals surface area (Å²) in [5, 5.41) is 13.9. The van der Waals surface area contributed by atoms with Gasteiger partial charge >= 0.3 is 0 Å². The summed E-state index contributed by atoms with van der Waals surface area (Å²) in [6.07, 6.45) is 4.50. The SMILES string of the molecule is CCC(O)Cc1nc(C2CCCCS2)no1. The van der Waals surface area contributed by atoms with Gasteiger partial charge < -0.3 is 9.63 Å². The van der Waals surface area contributed by atoms with Gasteiger partial charge in [0.15, 0.2) is 5.82 Å². The zero-order valence-electron chi connectivity index (χ0n) is 9.56. The first-order valence-electron chi connectivity index (χ1n) is 5.91. The van der Waals surface area contributed by atoms with E-state index in [0.29, 0.717) is 17.6 Å². The van der Waals surface area contributed by atoms with Crippen LogP contribution in [0.5, 0.6) is 0 Å². The summed E-state index contributed by atoms with van der Waals surface area (Å²) in [4.78, 5) is 4.36. The minimum atomic E-state index is -0.368. The van der Waals surface area contributed by atoms with Crippen molar-refractivity contribution in [3.05, 3.63) is 11.7 Å². The quantitative estimate of drug-likeness (QED) is 0.878. The average Bonchev–Trinajstić information content (AvgIpc) is 2.78. The first-order valence-corrected chi connectivity index (χ1v) is 6.96. The molecule has 2 unspecified atom stereocenters. The molecule has 1 N–H and O–H groups in total. The van der Waals surface area contributed by atoms with Gasteiger partial charge in [-0.15, -0.1) is 0 Å². The van der Waals surface area contributed by atoms with E-state index in [9.17, 15) is 5.11 Å². The van der Waals surface area contributed by atoms with Crippen molar-refractivity contribution in [3.8, 4) is 0 Å². The summed E-state index contributed by atoms with van der Waals surface area (Å²) >= 11 is 1.91. The molecule has 0 saturated carbocycles. The minimum Gasteiger partial charge on any atom is -0.393 e. The molecule has 5 heteroatoms. The van der Waals surface area contributed by atoms with Gasteiger partial charge in [0.25, 0.3) is 0 Å². The lowest BCUT2D eigenvalue weighted by molar-refractivity contribution is 0.158. The highest BCUT2D eigenvalue weighted by Crippen LogP contribution is 2.36. The second kappa shape index (κ2) is 5.68. The van der Waals surface area contributed by atoms with E-state index in [0.717, 1.165) is 18.7 Å². The van der Waals surface area contributed by atoms with Gasteiger partial charge in [-0.3, -0.25) is 0 Å². The summed E-state index contributed by atoms with van der Waals surface area (Å²) in [5.74, 6) is 2.56. The van der Waals surface area contributed by atoms with Gasteiger partial charge in [0, 0.05) is 0 Å². The fraction of sp³-hybridized carbons (Fsp3) is 0.818. The third kappa shape index (κ3) is 2.98. The van der Waals surface area contributed by atoms with Gasteiger partial charge in [-0.1, -0.05) is 18.5 Å². The van der Waals surface area contributed by atoms with Crippen LogP contribution in [0.25, 0.3) is 0 Å². The van der Waals surface area contributed by atoms with Gasteiger partial charge in [0.2, 0.25) is 5.89 Å². The molecule has 2 atom stereocenters. The van der Waals surface area contributed by atoms with Crippen LogP contribution in [0.15, 0.2) is 4.52 Å². The fourth-order valence-corrected chi connectivity index (χ4v) is 3.01. The molecule has 0 radical (unpaired) electrons. The van der Waals surface area contributed by atoms with E-state index in [4.69, 9.17) is 4.52 Å². The molecule has 1 aliphatic rings. The number of rotatable bonds is 4. The largest absolute Gasteiger partial charge is 0.393 e. The maximum absolute atomic E-state index is 9.50. The van der Waals surface area contributed by atoms with Crippen molar-refractivity contribution in [2.45, 2.75) is 50.4 Å². The van der Waals surface area contributed by atoms with Crippen molar-refractivity contribution in [1.29, 1.82) is 0 Å². The molecule has 90 valence electrons. The molecule has 2 heterocycles. The van der Waals surface area contributed by atoms with Crippen molar-refractivity contribution in [1.82, 2.24) is 10.1 Å². The number of aliphatic hydroxyl groups is 1. The molecule has 0 aliphatic carbocycles. The van der Waals surface area contributed by atoms with Gasteiger partial charge in [-0.05, 0) is 25.0 Å². The van der Waals surface area contributed by atoms with Crippen LogP contribution in [-0.2, 0) is 6.42 Å². The van der Waals surface area contributed by atoms with Gasteiger partial charge in [-0.2, -0.15) is 16.7 Å². The average molecular weight is 242 g/mol. The van der Waals surface area contributed by atoms with E-state index < -0.39 is 0 Å². The normalized spacial score (nSPS) is 23.2. The summed E-state index contributed by atoms with van der Waals surface area (Å²) in [6.45, 7) is 1.94. The van der Waals surface area contributed by atoms with Crippen LogP contribution in [0.2, 0.25) is 0 Å². The van der Waals surface area contributed by atoms with Crippen molar-refractivity contribution < 1.29 is 9.63 Å². The Morgan fingerprint density at radius 1 is 1.56 bits per heavy atom. The number of thioether (sulfide) groups is 1. The molecule has 0 spiro atoms. The van der Waals surface area contributed by atoms with Crippen LogP contribution in [0, 0.1) is 0 Å². The Kier molecular flexibility index (Phi) is 4.23.